The molecule has 0 spiro atoms. The van der Waals surface area contributed by atoms with Gasteiger partial charge in [-0.25, -0.2) is 0 Å². The Kier molecular flexibility index (Phi) is 6.08. The quantitative estimate of drug-likeness (QED) is 0.703. The zero-order chi connectivity index (χ0) is 20.1. The number of amides is 3. The zero-order valence-corrected chi connectivity index (χ0v) is 16.0. The van der Waals surface area contributed by atoms with E-state index in [0.717, 1.165) is 5.56 Å². The van der Waals surface area contributed by atoms with Crippen LogP contribution >= 0.6 is 0 Å². The van der Waals surface area contributed by atoms with Crippen molar-refractivity contribution in [3.05, 3.63) is 53.4 Å². The van der Waals surface area contributed by atoms with Crippen LogP contribution in [-0.2, 0) is 9.59 Å². The van der Waals surface area contributed by atoms with Gasteiger partial charge in [0.1, 0.15) is 5.76 Å². The molecule has 2 unspecified atom stereocenters. The van der Waals surface area contributed by atoms with Crippen LogP contribution in [0.3, 0.4) is 0 Å². The second-order valence-electron chi connectivity index (χ2n) is 6.90. The Hall–Kier alpha value is -3.16. The van der Waals surface area contributed by atoms with E-state index in [2.05, 4.69) is 15.8 Å². The summed E-state index contributed by atoms with van der Waals surface area (Å²) in [7, 11) is 0. The number of likely N-dealkylation sites (tertiary alicyclic amines) is 1. The minimum atomic E-state index is -0.382. The first kappa shape index (κ1) is 19.6. The van der Waals surface area contributed by atoms with E-state index in [1.54, 1.807) is 17.9 Å². The van der Waals surface area contributed by atoms with Crippen LogP contribution in [0.2, 0.25) is 0 Å². The molecule has 2 heterocycles. The van der Waals surface area contributed by atoms with Crippen molar-refractivity contribution in [2.24, 2.45) is 5.92 Å². The van der Waals surface area contributed by atoms with Gasteiger partial charge in [0, 0.05) is 32.1 Å². The van der Waals surface area contributed by atoms with Crippen molar-refractivity contribution in [1.29, 1.82) is 0 Å². The highest BCUT2D eigenvalue weighted by atomic mass is 16.5. The molecule has 1 aliphatic rings. The summed E-state index contributed by atoms with van der Waals surface area (Å²) < 4.78 is 4.85. The Morgan fingerprint density at radius 2 is 1.96 bits per heavy atom. The molecule has 0 radical (unpaired) electrons. The van der Waals surface area contributed by atoms with E-state index in [1.807, 2.05) is 37.3 Å². The first-order valence-corrected chi connectivity index (χ1v) is 9.29. The topological polar surface area (TPSA) is 105 Å². The molecule has 148 valence electrons. The van der Waals surface area contributed by atoms with Crippen LogP contribution in [-0.4, -0.2) is 47.4 Å². The zero-order valence-electron chi connectivity index (χ0n) is 16.0. The molecule has 3 rings (SSSR count). The summed E-state index contributed by atoms with van der Waals surface area (Å²) in [6.45, 7) is 4.61. The number of nitrogens with zero attached hydrogens (tertiary/aromatic N) is 2. The summed E-state index contributed by atoms with van der Waals surface area (Å²) in [4.78, 5) is 38.3. The van der Waals surface area contributed by atoms with Gasteiger partial charge in [-0.1, -0.05) is 35.5 Å². The van der Waals surface area contributed by atoms with Crippen LogP contribution in [0.15, 0.2) is 40.9 Å². The van der Waals surface area contributed by atoms with Crippen molar-refractivity contribution < 1.29 is 18.9 Å². The Morgan fingerprint density at radius 3 is 2.64 bits per heavy atom. The summed E-state index contributed by atoms with van der Waals surface area (Å²) in [5, 5.41) is 9.08. The van der Waals surface area contributed by atoms with Crippen LogP contribution in [0, 0.1) is 12.8 Å². The van der Waals surface area contributed by atoms with Gasteiger partial charge in [0.15, 0.2) is 5.69 Å². The molecular weight excluding hydrogens is 360 g/mol. The summed E-state index contributed by atoms with van der Waals surface area (Å²) in [6.07, 6.45) is 0.202. The standard InChI is InChI=1S/C20H24N4O4/c1-13-10-17(23-28-13)20(27)22-9-8-21-19(26)16-11-18(25)24(12-16)14(2)15-6-4-3-5-7-15/h3-7,10,14,16H,8-9,11-12H2,1-2H3,(H,21,26)(H,22,27). The van der Waals surface area contributed by atoms with Crippen molar-refractivity contribution in [2.45, 2.75) is 26.3 Å². The lowest BCUT2D eigenvalue weighted by atomic mass is 10.1. The van der Waals surface area contributed by atoms with E-state index in [-0.39, 0.29) is 54.9 Å². The van der Waals surface area contributed by atoms with Gasteiger partial charge < -0.3 is 20.1 Å². The van der Waals surface area contributed by atoms with E-state index in [1.165, 1.54) is 0 Å². The highest BCUT2D eigenvalue weighted by Gasteiger charge is 2.36. The van der Waals surface area contributed by atoms with E-state index in [9.17, 15) is 14.4 Å². The number of hydrogen-bond donors (Lipinski definition) is 2. The average Bonchev–Trinajstić information content (AvgIpc) is 3.31. The maximum atomic E-state index is 12.4. The molecule has 0 aliphatic carbocycles. The average molecular weight is 384 g/mol. The van der Waals surface area contributed by atoms with Crippen molar-refractivity contribution in [3.63, 3.8) is 0 Å². The van der Waals surface area contributed by atoms with Crippen LogP contribution in [0.5, 0.6) is 0 Å². The number of aromatic nitrogens is 1. The van der Waals surface area contributed by atoms with Crippen molar-refractivity contribution in [1.82, 2.24) is 20.7 Å². The fourth-order valence-electron chi connectivity index (χ4n) is 3.26. The first-order chi connectivity index (χ1) is 13.5. The molecule has 2 aromatic rings. The summed E-state index contributed by atoms with van der Waals surface area (Å²) in [5.41, 5.74) is 1.25. The fourth-order valence-corrected chi connectivity index (χ4v) is 3.26. The van der Waals surface area contributed by atoms with Crippen molar-refractivity contribution in [2.75, 3.05) is 19.6 Å². The van der Waals surface area contributed by atoms with E-state index < -0.39 is 0 Å². The largest absolute Gasteiger partial charge is 0.361 e. The third kappa shape index (κ3) is 4.57. The molecule has 1 aliphatic heterocycles. The Bertz CT molecular complexity index is 849. The number of aryl methyl sites for hydroxylation is 1. The predicted molar refractivity (Wildman–Crippen MR) is 101 cm³/mol. The molecule has 1 fully saturated rings. The molecule has 0 bridgehead atoms. The Labute approximate surface area is 163 Å². The number of carbonyl (C=O) groups is 3. The van der Waals surface area contributed by atoms with Gasteiger partial charge in [0.05, 0.1) is 12.0 Å². The molecule has 1 aromatic carbocycles. The normalized spacial score (nSPS) is 17.4. The number of nitrogens with one attached hydrogen (secondary N) is 2. The lowest BCUT2D eigenvalue weighted by molar-refractivity contribution is -0.130. The molecular formula is C20H24N4O4. The number of hydrogen-bond acceptors (Lipinski definition) is 5. The second-order valence-corrected chi connectivity index (χ2v) is 6.90. The first-order valence-electron chi connectivity index (χ1n) is 9.29. The van der Waals surface area contributed by atoms with Gasteiger partial charge in [-0.2, -0.15) is 0 Å². The molecule has 3 amide bonds. The molecule has 1 aromatic heterocycles. The molecule has 8 heteroatoms. The number of carbonyl (C=O) groups excluding carboxylic acids is 3. The van der Waals surface area contributed by atoms with Crippen LogP contribution in [0.4, 0.5) is 0 Å². The van der Waals surface area contributed by atoms with Crippen molar-refractivity contribution >= 4 is 17.7 Å². The molecule has 2 N–H and O–H groups in total. The smallest absolute Gasteiger partial charge is 0.273 e. The molecule has 2 atom stereocenters. The fraction of sp³-hybridized carbons (Fsp3) is 0.400. The Balaban J connectivity index is 1.44. The second kappa shape index (κ2) is 8.69. The summed E-state index contributed by atoms with van der Waals surface area (Å²) in [6, 6.07) is 11.2. The highest BCUT2D eigenvalue weighted by molar-refractivity contribution is 5.92. The maximum absolute atomic E-state index is 12.4. The maximum Gasteiger partial charge on any atom is 0.273 e. The van der Waals surface area contributed by atoms with Gasteiger partial charge in [-0.3, -0.25) is 14.4 Å². The summed E-state index contributed by atoms with van der Waals surface area (Å²) >= 11 is 0. The molecule has 1 saturated heterocycles. The van der Waals surface area contributed by atoms with Gasteiger partial charge >= 0.3 is 0 Å². The molecule has 0 saturated carbocycles. The molecule has 28 heavy (non-hydrogen) atoms. The van der Waals surface area contributed by atoms with Gasteiger partial charge in [-0.15, -0.1) is 0 Å². The van der Waals surface area contributed by atoms with Crippen LogP contribution in [0.25, 0.3) is 0 Å². The molecule has 8 nitrogen and oxygen atoms in total. The van der Waals surface area contributed by atoms with E-state index in [0.29, 0.717) is 12.3 Å². The highest BCUT2D eigenvalue weighted by Crippen LogP contribution is 2.28. The number of benzene rings is 1. The SMILES string of the molecule is Cc1cc(C(=O)NCCNC(=O)C2CC(=O)N(C(C)c3ccccc3)C2)no1. The monoisotopic (exact) mass is 384 g/mol. The van der Waals surface area contributed by atoms with E-state index >= 15 is 0 Å². The van der Waals surface area contributed by atoms with Crippen LogP contribution < -0.4 is 10.6 Å². The van der Waals surface area contributed by atoms with Crippen molar-refractivity contribution in [3.8, 4) is 0 Å². The Morgan fingerprint density at radius 1 is 1.25 bits per heavy atom. The van der Waals surface area contributed by atoms with Crippen LogP contribution in [0.1, 0.15) is 41.2 Å². The van der Waals surface area contributed by atoms with Gasteiger partial charge in [0.25, 0.3) is 5.91 Å². The third-order valence-electron chi connectivity index (χ3n) is 4.85. The van der Waals surface area contributed by atoms with Gasteiger partial charge in [0.2, 0.25) is 11.8 Å². The minimum absolute atomic E-state index is 0.0220. The lowest BCUT2D eigenvalue weighted by Gasteiger charge is -2.25. The van der Waals surface area contributed by atoms with E-state index in [4.69, 9.17) is 4.52 Å². The van der Waals surface area contributed by atoms with Gasteiger partial charge in [-0.05, 0) is 19.4 Å². The summed E-state index contributed by atoms with van der Waals surface area (Å²) in [5.74, 6) is -0.384. The lowest BCUT2D eigenvalue weighted by Crippen LogP contribution is -2.38. The minimum Gasteiger partial charge on any atom is -0.361 e. The predicted octanol–water partition coefficient (Wildman–Crippen LogP) is 1.44. The third-order valence-corrected chi connectivity index (χ3v) is 4.85. The number of rotatable bonds is 7.